The Labute approximate surface area is 124 Å². The molecule has 1 aromatic carbocycles. The van der Waals surface area contributed by atoms with Gasteiger partial charge in [0.05, 0.1) is 5.69 Å². The molecule has 2 aromatic rings. The number of carbonyl (C=O) groups excluding carboxylic acids is 1. The molecular formula is C13H11Cl2N3O2. The Morgan fingerprint density at radius 3 is 2.50 bits per heavy atom. The van der Waals surface area contributed by atoms with Crippen LogP contribution in [-0.4, -0.2) is 20.9 Å². The molecule has 0 saturated heterocycles. The van der Waals surface area contributed by atoms with Crippen molar-refractivity contribution >= 4 is 34.8 Å². The molecule has 2 rings (SSSR count). The van der Waals surface area contributed by atoms with E-state index in [-0.39, 0.29) is 5.56 Å². The van der Waals surface area contributed by atoms with E-state index in [0.29, 0.717) is 11.4 Å². The number of halogens is 2. The molecule has 0 aliphatic heterocycles. The maximum Gasteiger partial charge on any atom is 0.264 e. The lowest BCUT2D eigenvalue weighted by Crippen LogP contribution is -2.18. The van der Waals surface area contributed by atoms with Crippen LogP contribution in [0, 0.1) is 6.92 Å². The highest BCUT2D eigenvalue weighted by molar-refractivity contribution is 6.54. The summed E-state index contributed by atoms with van der Waals surface area (Å²) in [6.45, 7) is 1.80. The predicted molar refractivity (Wildman–Crippen MR) is 79.2 cm³/mol. The van der Waals surface area contributed by atoms with E-state index < -0.39 is 10.7 Å². The molecule has 0 fully saturated rings. The van der Waals surface area contributed by atoms with Crippen LogP contribution in [0.2, 0.25) is 0 Å². The molecule has 0 unspecified atom stereocenters. The number of aryl methyl sites for hydroxylation is 1. The lowest BCUT2D eigenvalue weighted by Gasteiger charge is -2.07. The summed E-state index contributed by atoms with van der Waals surface area (Å²) in [5, 5.41) is 8.95. The summed E-state index contributed by atoms with van der Waals surface area (Å²) < 4.78 is 0. The summed E-state index contributed by atoms with van der Waals surface area (Å²) in [7, 11) is 0. The zero-order valence-corrected chi connectivity index (χ0v) is 12.0. The Morgan fingerprint density at radius 1 is 1.30 bits per heavy atom. The van der Waals surface area contributed by atoms with Crippen molar-refractivity contribution < 1.29 is 4.79 Å². The monoisotopic (exact) mass is 311 g/mol. The Kier molecular flexibility index (Phi) is 4.42. The first kappa shape index (κ1) is 14.6. The van der Waals surface area contributed by atoms with E-state index in [1.54, 1.807) is 31.2 Å². The fourth-order valence-electron chi connectivity index (χ4n) is 1.70. The molecule has 0 bridgehead atoms. The molecule has 0 atom stereocenters. The molecule has 104 valence electrons. The fraction of sp³-hybridized carbons (Fsp3) is 0.154. The van der Waals surface area contributed by atoms with Crippen molar-refractivity contribution in [3.8, 4) is 11.3 Å². The van der Waals surface area contributed by atoms with Gasteiger partial charge in [-0.25, -0.2) is 5.10 Å². The van der Waals surface area contributed by atoms with Gasteiger partial charge in [-0.2, -0.15) is 5.10 Å². The smallest absolute Gasteiger partial charge is 0.264 e. The van der Waals surface area contributed by atoms with Crippen LogP contribution in [0.3, 0.4) is 0 Å². The van der Waals surface area contributed by atoms with Crippen molar-refractivity contribution in [2.24, 2.45) is 0 Å². The van der Waals surface area contributed by atoms with E-state index in [0.717, 1.165) is 11.1 Å². The van der Waals surface area contributed by atoms with E-state index in [2.05, 4.69) is 15.5 Å². The normalized spacial score (nSPS) is 10.6. The van der Waals surface area contributed by atoms with Gasteiger partial charge in [-0.3, -0.25) is 9.59 Å². The van der Waals surface area contributed by atoms with E-state index >= 15 is 0 Å². The van der Waals surface area contributed by atoms with Crippen LogP contribution in [0.4, 0.5) is 5.69 Å². The Hall–Kier alpha value is -1.85. The van der Waals surface area contributed by atoms with Gasteiger partial charge in [0.1, 0.15) is 0 Å². The highest BCUT2D eigenvalue weighted by Crippen LogP contribution is 2.21. The van der Waals surface area contributed by atoms with E-state index in [1.807, 2.05) is 0 Å². The molecule has 1 aromatic heterocycles. The van der Waals surface area contributed by atoms with Crippen LogP contribution < -0.4 is 10.9 Å². The molecule has 1 amide bonds. The maximum absolute atomic E-state index is 11.3. The Morgan fingerprint density at radius 2 is 1.95 bits per heavy atom. The van der Waals surface area contributed by atoms with Crippen molar-refractivity contribution in [1.29, 1.82) is 0 Å². The average molecular weight is 312 g/mol. The van der Waals surface area contributed by atoms with Crippen LogP contribution >= 0.6 is 23.2 Å². The second-order valence-electron chi connectivity index (χ2n) is 4.13. The van der Waals surface area contributed by atoms with Gasteiger partial charge < -0.3 is 5.32 Å². The number of aromatic nitrogens is 2. The largest absolute Gasteiger partial charge is 0.324 e. The SMILES string of the molecule is Cc1cc(=O)[nH]nc1-c1ccc(NC(=O)C(Cl)Cl)cc1. The lowest BCUT2D eigenvalue weighted by molar-refractivity contribution is -0.114. The number of aromatic amines is 1. The summed E-state index contributed by atoms with van der Waals surface area (Å²) in [4.78, 5) is 21.3. The number of alkyl halides is 2. The summed E-state index contributed by atoms with van der Waals surface area (Å²) in [6.07, 6.45) is 0. The van der Waals surface area contributed by atoms with Crippen LogP contribution in [0.15, 0.2) is 35.1 Å². The lowest BCUT2D eigenvalue weighted by atomic mass is 10.1. The van der Waals surface area contributed by atoms with E-state index in [1.165, 1.54) is 6.07 Å². The predicted octanol–water partition coefficient (Wildman–Crippen LogP) is 2.49. The van der Waals surface area contributed by atoms with Crippen LogP contribution in [0.5, 0.6) is 0 Å². The second-order valence-corrected chi connectivity index (χ2v) is 5.23. The summed E-state index contributed by atoms with van der Waals surface area (Å²) in [5.41, 5.74) is 2.60. The molecule has 1 heterocycles. The first-order chi connectivity index (χ1) is 9.47. The van der Waals surface area contributed by atoms with Crippen LogP contribution in [-0.2, 0) is 4.79 Å². The summed E-state index contributed by atoms with van der Waals surface area (Å²) >= 11 is 10.9. The average Bonchev–Trinajstić information content (AvgIpc) is 2.40. The number of rotatable bonds is 3. The molecule has 2 N–H and O–H groups in total. The van der Waals surface area contributed by atoms with Gasteiger partial charge in [-0.15, -0.1) is 0 Å². The zero-order valence-electron chi connectivity index (χ0n) is 10.5. The van der Waals surface area contributed by atoms with Crippen LogP contribution in [0.1, 0.15) is 5.56 Å². The van der Waals surface area contributed by atoms with Crippen molar-refractivity contribution in [2.45, 2.75) is 11.8 Å². The number of H-pyrrole nitrogens is 1. The molecule has 5 nitrogen and oxygen atoms in total. The summed E-state index contributed by atoms with van der Waals surface area (Å²) in [6, 6.07) is 8.44. The molecule has 0 aliphatic carbocycles. The number of anilines is 1. The number of nitrogens with one attached hydrogen (secondary N) is 2. The molecule has 7 heteroatoms. The third-order valence-corrected chi connectivity index (χ3v) is 3.02. The Balaban J connectivity index is 2.24. The number of carbonyl (C=O) groups is 1. The van der Waals surface area contributed by atoms with Gasteiger partial charge in [-0.05, 0) is 24.6 Å². The second kappa shape index (κ2) is 6.07. The van der Waals surface area contributed by atoms with Gasteiger partial charge in [0.2, 0.25) is 0 Å². The molecular weight excluding hydrogens is 301 g/mol. The number of benzene rings is 1. The molecule has 0 aliphatic rings. The van der Waals surface area contributed by atoms with E-state index in [4.69, 9.17) is 23.2 Å². The third kappa shape index (κ3) is 3.37. The number of amides is 1. The van der Waals surface area contributed by atoms with Gasteiger partial charge >= 0.3 is 0 Å². The minimum absolute atomic E-state index is 0.245. The molecule has 0 saturated carbocycles. The van der Waals surface area contributed by atoms with Crippen molar-refractivity contribution in [1.82, 2.24) is 10.2 Å². The fourth-order valence-corrected chi connectivity index (χ4v) is 1.81. The van der Waals surface area contributed by atoms with Crippen molar-refractivity contribution in [2.75, 3.05) is 5.32 Å². The van der Waals surface area contributed by atoms with Crippen LogP contribution in [0.25, 0.3) is 11.3 Å². The molecule has 0 radical (unpaired) electrons. The number of hydrogen-bond acceptors (Lipinski definition) is 3. The van der Waals surface area contributed by atoms with Gasteiger partial charge in [0, 0.05) is 17.3 Å². The standard InChI is InChI=1S/C13H11Cl2N3O2/c1-7-6-10(19)17-18-11(7)8-2-4-9(5-3-8)16-13(20)12(14)15/h2-6,12H,1H3,(H,16,20)(H,17,19). The highest BCUT2D eigenvalue weighted by Gasteiger charge is 2.11. The maximum atomic E-state index is 11.3. The first-order valence-electron chi connectivity index (χ1n) is 5.73. The van der Waals surface area contributed by atoms with Gasteiger partial charge in [-0.1, -0.05) is 35.3 Å². The Bertz CT molecular complexity index is 681. The quantitative estimate of drug-likeness (QED) is 0.855. The zero-order chi connectivity index (χ0) is 14.7. The third-order valence-electron chi connectivity index (χ3n) is 2.62. The van der Waals surface area contributed by atoms with Crippen molar-refractivity contribution in [3.05, 3.63) is 46.2 Å². The molecule has 0 spiro atoms. The summed E-state index contributed by atoms with van der Waals surface area (Å²) in [5.74, 6) is -0.487. The number of hydrogen-bond donors (Lipinski definition) is 2. The minimum Gasteiger partial charge on any atom is -0.324 e. The van der Waals surface area contributed by atoms with Gasteiger partial charge in [0.15, 0.2) is 4.84 Å². The number of nitrogens with zero attached hydrogens (tertiary/aromatic N) is 1. The molecule has 20 heavy (non-hydrogen) atoms. The minimum atomic E-state index is -1.11. The van der Waals surface area contributed by atoms with E-state index in [9.17, 15) is 9.59 Å². The topological polar surface area (TPSA) is 74.8 Å². The first-order valence-corrected chi connectivity index (χ1v) is 6.60. The van der Waals surface area contributed by atoms with Gasteiger partial charge in [0.25, 0.3) is 11.5 Å². The highest BCUT2D eigenvalue weighted by atomic mass is 35.5. The van der Waals surface area contributed by atoms with Crippen molar-refractivity contribution in [3.63, 3.8) is 0 Å².